The molecule has 2 rings (SSSR count). The van der Waals surface area contributed by atoms with Gasteiger partial charge in [-0.3, -0.25) is 4.79 Å². The molecule has 0 atom stereocenters. The first-order valence-corrected chi connectivity index (χ1v) is 4.06. The SMILES string of the molecule is O=Cc1cnc(-c2ccc(F)cc2)[nH]1. The van der Waals surface area contributed by atoms with Crippen LogP contribution < -0.4 is 0 Å². The summed E-state index contributed by atoms with van der Waals surface area (Å²) in [6, 6.07) is 5.89. The Morgan fingerprint density at radius 3 is 2.57 bits per heavy atom. The van der Waals surface area contributed by atoms with Gasteiger partial charge in [0.05, 0.1) is 11.9 Å². The third-order valence-electron chi connectivity index (χ3n) is 1.84. The number of imidazole rings is 1. The van der Waals surface area contributed by atoms with Gasteiger partial charge in [-0.2, -0.15) is 0 Å². The van der Waals surface area contributed by atoms with Crippen molar-refractivity contribution in [1.29, 1.82) is 0 Å². The summed E-state index contributed by atoms with van der Waals surface area (Å²) in [5.74, 6) is 0.267. The van der Waals surface area contributed by atoms with E-state index in [-0.39, 0.29) is 5.82 Å². The molecule has 1 N–H and O–H groups in total. The highest BCUT2D eigenvalue weighted by Gasteiger charge is 2.02. The van der Waals surface area contributed by atoms with Crippen LogP contribution in [0, 0.1) is 5.82 Å². The minimum absolute atomic E-state index is 0.295. The Kier molecular flexibility index (Phi) is 2.10. The van der Waals surface area contributed by atoms with Crippen molar-refractivity contribution in [2.45, 2.75) is 0 Å². The topological polar surface area (TPSA) is 45.8 Å². The summed E-state index contributed by atoms with van der Waals surface area (Å²) in [7, 11) is 0. The van der Waals surface area contributed by atoms with E-state index >= 15 is 0 Å². The molecule has 1 heterocycles. The fraction of sp³-hybridized carbons (Fsp3) is 0. The van der Waals surface area contributed by atoms with E-state index < -0.39 is 0 Å². The van der Waals surface area contributed by atoms with E-state index in [1.807, 2.05) is 0 Å². The maximum Gasteiger partial charge on any atom is 0.167 e. The minimum atomic E-state index is -0.295. The molecular weight excluding hydrogens is 183 g/mol. The van der Waals surface area contributed by atoms with Crippen molar-refractivity contribution in [3.63, 3.8) is 0 Å². The Bertz CT molecular complexity index is 447. The fourth-order valence-electron chi connectivity index (χ4n) is 1.15. The van der Waals surface area contributed by atoms with E-state index in [9.17, 15) is 9.18 Å². The standard InChI is InChI=1S/C10H7FN2O/c11-8-3-1-7(2-4-8)10-12-5-9(6-14)13-10/h1-6H,(H,12,13). The number of carbonyl (C=O) groups is 1. The predicted octanol–water partition coefficient (Wildman–Crippen LogP) is 2.03. The number of aldehydes is 1. The van der Waals surface area contributed by atoms with E-state index in [1.165, 1.54) is 18.3 Å². The second kappa shape index (κ2) is 3.41. The first-order valence-electron chi connectivity index (χ1n) is 4.06. The van der Waals surface area contributed by atoms with Crippen LogP contribution >= 0.6 is 0 Å². The summed E-state index contributed by atoms with van der Waals surface area (Å²) in [5.41, 5.74) is 1.16. The van der Waals surface area contributed by atoms with Crippen molar-refractivity contribution >= 4 is 6.29 Å². The number of H-pyrrole nitrogens is 1. The van der Waals surface area contributed by atoms with Crippen LogP contribution in [0.1, 0.15) is 10.5 Å². The van der Waals surface area contributed by atoms with Crippen molar-refractivity contribution < 1.29 is 9.18 Å². The van der Waals surface area contributed by atoms with Gasteiger partial charge >= 0.3 is 0 Å². The van der Waals surface area contributed by atoms with Gasteiger partial charge in [0, 0.05) is 5.56 Å². The molecule has 0 unspecified atom stereocenters. The number of aromatic nitrogens is 2. The van der Waals surface area contributed by atoms with Crippen molar-refractivity contribution in [2.75, 3.05) is 0 Å². The van der Waals surface area contributed by atoms with Gasteiger partial charge in [0.15, 0.2) is 6.29 Å². The van der Waals surface area contributed by atoms with Gasteiger partial charge in [-0.15, -0.1) is 0 Å². The van der Waals surface area contributed by atoms with E-state index in [0.29, 0.717) is 17.8 Å². The highest BCUT2D eigenvalue weighted by Crippen LogP contribution is 2.15. The Morgan fingerprint density at radius 2 is 2.00 bits per heavy atom. The fourth-order valence-corrected chi connectivity index (χ4v) is 1.15. The van der Waals surface area contributed by atoms with Gasteiger partial charge in [0.1, 0.15) is 11.6 Å². The first kappa shape index (κ1) is 8.62. The molecule has 0 aliphatic carbocycles. The maximum absolute atomic E-state index is 12.6. The largest absolute Gasteiger partial charge is 0.336 e. The number of hydrogen-bond donors (Lipinski definition) is 1. The zero-order valence-electron chi connectivity index (χ0n) is 7.20. The zero-order chi connectivity index (χ0) is 9.97. The summed E-state index contributed by atoms with van der Waals surface area (Å²) in [6.07, 6.45) is 2.12. The Balaban J connectivity index is 2.39. The molecule has 0 aliphatic heterocycles. The predicted molar refractivity (Wildman–Crippen MR) is 49.4 cm³/mol. The monoisotopic (exact) mass is 190 g/mol. The number of nitrogens with one attached hydrogen (secondary N) is 1. The molecular formula is C10H7FN2O. The van der Waals surface area contributed by atoms with Gasteiger partial charge < -0.3 is 4.98 Å². The molecule has 0 fully saturated rings. The lowest BCUT2D eigenvalue weighted by molar-refractivity contribution is 0.111. The maximum atomic E-state index is 12.6. The summed E-state index contributed by atoms with van der Waals surface area (Å²) in [4.78, 5) is 17.1. The van der Waals surface area contributed by atoms with Gasteiger partial charge in [-0.05, 0) is 24.3 Å². The van der Waals surface area contributed by atoms with Crippen molar-refractivity contribution in [2.24, 2.45) is 0 Å². The van der Waals surface area contributed by atoms with Crippen molar-refractivity contribution in [3.8, 4) is 11.4 Å². The molecule has 3 nitrogen and oxygen atoms in total. The smallest absolute Gasteiger partial charge is 0.167 e. The van der Waals surface area contributed by atoms with Gasteiger partial charge in [0.25, 0.3) is 0 Å². The Hall–Kier alpha value is -1.97. The molecule has 0 saturated carbocycles. The zero-order valence-corrected chi connectivity index (χ0v) is 7.20. The number of nitrogens with zero attached hydrogens (tertiary/aromatic N) is 1. The molecule has 1 aromatic carbocycles. The number of hydrogen-bond acceptors (Lipinski definition) is 2. The molecule has 0 spiro atoms. The third-order valence-corrected chi connectivity index (χ3v) is 1.84. The number of aromatic amines is 1. The second-order valence-corrected chi connectivity index (χ2v) is 2.81. The van der Waals surface area contributed by atoms with Gasteiger partial charge in [-0.1, -0.05) is 0 Å². The van der Waals surface area contributed by atoms with Crippen LogP contribution in [0.2, 0.25) is 0 Å². The van der Waals surface area contributed by atoms with E-state index in [1.54, 1.807) is 12.1 Å². The van der Waals surface area contributed by atoms with Crippen LogP contribution in [-0.4, -0.2) is 16.3 Å². The molecule has 1 aromatic heterocycles. The normalized spacial score (nSPS) is 10.1. The Labute approximate surface area is 79.6 Å². The molecule has 0 radical (unpaired) electrons. The third kappa shape index (κ3) is 1.54. The van der Waals surface area contributed by atoms with E-state index in [4.69, 9.17) is 0 Å². The average Bonchev–Trinajstić information content (AvgIpc) is 2.67. The van der Waals surface area contributed by atoms with Crippen molar-refractivity contribution in [3.05, 3.63) is 42.0 Å². The molecule has 2 aromatic rings. The summed E-state index contributed by atoms with van der Waals surface area (Å²) in [5, 5.41) is 0. The lowest BCUT2D eigenvalue weighted by Crippen LogP contribution is -1.82. The lowest BCUT2D eigenvalue weighted by Gasteiger charge is -1.95. The van der Waals surface area contributed by atoms with Gasteiger partial charge in [0.2, 0.25) is 0 Å². The molecule has 14 heavy (non-hydrogen) atoms. The van der Waals surface area contributed by atoms with Crippen LogP contribution in [-0.2, 0) is 0 Å². The summed E-state index contributed by atoms with van der Waals surface area (Å²) >= 11 is 0. The molecule has 0 aliphatic rings. The van der Waals surface area contributed by atoms with Gasteiger partial charge in [-0.25, -0.2) is 9.37 Å². The number of benzene rings is 1. The molecule has 0 amide bonds. The number of rotatable bonds is 2. The number of carbonyl (C=O) groups excluding carboxylic acids is 1. The van der Waals surface area contributed by atoms with Crippen LogP contribution in [0.15, 0.2) is 30.5 Å². The van der Waals surface area contributed by atoms with Crippen LogP contribution in [0.5, 0.6) is 0 Å². The average molecular weight is 190 g/mol. The first-order chi connectivity index (χ1) is 6.79. The molecule has 0 bridgehead atoms. The highest BCUT2D eigenvalue weighted by molar-refractivity contribution is 5.73. The highest BCUT2D eigenvalue weighted by atomic mass is 19.1. The van der Waals surface area contributed by atoms with Crippen LogP contribution in [0.3, 0.4) is 0 Å². The minimum Gasteiger partial charge on any atom is -0.336 e. The Morgan fingerprint density at radius 1 is 1.29 bits per heavy atom. The molecule has 0 saturated heterocycles. The summed E-state index contributed by atoms with van der Waals surface area (Å²) in [6.45, 7) is 0. The van der Waals surface area contributed by atoms with Crippen LogP contribution in [0.25, 0.3) is 11.4 Å². The molecule has 4 heteroatoms. The van der Waals surface area contributed by atoms with E-state index in [2.05, 4.69) is 9.97 Å². The van der Waals surface area contributed by atoms with E-state index in [0.717, 1.165) is 5.56 Å². The lowest BCUT2D eigenvalue weighted by atomic mass is 10.2. The quantitative estimate of drug-likeness (QED) is 0.736. The molecule has 70 valence electrons. The second-order valence-electron chi connectivity index (χ2n) is 2.81. The van der Waals surface area contributed by atoms with Crippen molar-refractivity contribution in [1.82, 2.24) is 9.97 Å². The number of halogens is 1. The van der Waals surface area contributed by atoms with Crippen LogP contribution in [0.4, 0.5) is 4.39 Å². The summed E-state index contributed by atoms with van der Waals surface area (Å²) < 4.78 is 12.6.